The van der Waals surface area contributed by atoms with Gasteiger partial charge in [0.15, 0.2) is 0 Å². The van der Waals surface area contributed by atoms with Gasteiger partial charge in [-0.15, -0.1) is 11.3 Å². The van der Waals surface area contributed by atoms with Gasteiger partial charge in [-0.1, -0.05) is 0 Å². The summed E-state index contributed by atoms with van der Waals surface area (Å²) in [6.45, 7) is 0.453. The molecule has 1 amide bonds. The number of nitrogens with zero attached hydrogens (tertiary/aromatic N) is 3. The summed E-state index contributed by atoms with van der Waals surface area (Å²) >= 11 is 1.49. The molecule has 2 rings (SSSR count). The molecule has 0 saturated heterocycles. The van der Waals surface area contributed by atoms with Crippen LogP contribution in [0.5, 0.6) is 0 Å². The van der Waals surface area contributed by atoms with Gasteiger partial charge >= 0.3 is 0 Å². The minimum absolute atomic E-state index is 0.00120. The van der Waals surface area contributed by atoms with Gasteiger partial charge in [0.2, 0.25) is 10.9 Å². The lowest BCUT2D eigenvalue weighted by molar-refractivity contribution is -0.120. The Labute approximate surface area is 114 Å². The maximum absolute atomic E-state index is 11.4. The molecule has 1 N–H and O–H groups in total. The van der Waals surface area contributed by atoms with Crippen LogP contribution in [0.15, 0.2) is 11.7 Å². The normalized spacial score (nSPS) is 11.8. The number of thiazole rings is 1. The van der Waals surface area contributed by atoms with Gasteiger partial charge in [-0.3, -0.25) is 4.79 Å². The van der Waals surface area contributed by atoms with Crippen molar-refractivity contribution in [1.29, 1.82) is 0 Å². The van der Waals surface area contributed by atoms with Gasteiger partial charge in [-0.2, -0.15) is 5.10 Å². The third kappa shape index (κ3) is 4.00. The first-order chi connectivity index (χ1) is 8.96. The van der Waals surface area contributed by atoms with E-state index in [1.165, 1.54) is 17.7 Å². The van der Waals surface area contributed by atoms with E-state index in [1.807, 2.05) is 5.38 Å². The van der Waals surface area contributed by atoms with E-state index < -0.39 is 9.84 Å². The number of aromatic nitrogens is 3. The van der Waals surface area contributed by atoms with Gasteiger partial charge in [0.05, 0.1) is 11.4 Å². The zero-order valence-electron chi connectivity index (χ0n) is 10.4. The molecule has 0 unspecified atom stereocenters. The lowest BCUT2D eigenvalue weighted by Crippen LogP contribution is -2.27. The van der Waals surface area contributed by atoms with E-state index in [4.69, 9.17) is 0 Å². The average molecular weight is 302 g/mol. The smallest absolute Gasteiger partial charge is 0.221 e. The van der Waals surface area contributed by atoms with E-state index in [9.17, 15) is 13.2 Å². The number of fused-ring (bicyclic) bond motifs is 1. The summed E-state index contributed by atoms with van der Waals surface area (Å²) in [6.07, 6.45) is 3.24. The van der Waals surface area contributed by atoms with Crippen LogP contribution < -0.4 is 5.32 Å². The highest BCUT2D eigenvalue weighted by atomic mass is 32.2. The first-order valence-electron chi connectivity index (χ1n) is 5.66. The van der Waals surface area contributed by atoms with E-state index in [0.29, 0.717) is 13.0 Å². The van der Waals surface area contributed by atoms with Crippen LogP contribution in [0.3, 0.4) is 0 Å². The standard InChI is InChI=1S/C10H14N4O3S2/c1-19(16,17)5-3-9(15)11-4-2-8-6-18-10-12-7-13-14(8)10/h6-7H,2-5H2,1H3,(H,11,15). The number of nitrogens with one attached hydrogen (secondary N) is 1. The molecule has 0 spiro atoms. The molecule has 2 heterocycles. The van der Waals surface area contributed by atoms with Crippen LogP contribution in [0.2, 0.25) is 0 Å². The summed E-state index contributed by atoms with van der Waals surface area (Å²) in [6, 6.07) is 0. The fourth-order valence-electron chi connectivity index (χ4n) is 1.54. The van der Waals surface area contributed by atoms with Crippen molar-refractivity contribution in [2.45, 2.75) is 12.8 Å². The van der Waals surface area contributed by atoms with Crippen molar-refractivity contribution < 1.29 is 13.2 Å². The highest BCUT2D eigenvalue weighted by Crippen LogP contribution is 2.12. The minimum Gasteiger partial charge on any atom is -0.356 e. The largest absolute Gasteiger partial charge is 0.356 e. The molecule has 104 valence electrons. The molecule has 9 heteroatoms. The van der Waals surface area contributed by atoms with Crippen molar-refractivity contribution in [2.75, 3.05) is 18.6 Å². The summed E-state index contributed by atoms with van der Waals surface area (Å²) in [5.74, 6) is -0.375. The molecule has 0 atom stereocenters. The van der Waals surface area contributed by atoms with Gasteiger partial charge in [-0.25, -0.2) is 17.9 Å². The Kier molecular flexibility index (Phi) is 4.15. The lowest BCUT2D eigenvalue weighted by Gasteiger charge is -2.03. The van der Waals surface area contributed by atoms with Gasteiger partial charge < -0.3 is 5.32 Å². The molecular formula is C10H14N4O3S2. The van der Waals surface area contributed by atoms with Crippen molar-refractivity contribution in [1.82, 2.24) is 19.9 Å². The highest BCUT2D eigenvalue weighted by molar-refractivity contribution is 7.90. The van der Waals surface area contributed by atoms with E-state index in [0.717, 1.165) is 16.9 Å². The Morgan fingerprint density at radius 2 is 2.32 bits per heavy atom. The molecule has 2 aromatic rings. The van der Waals surface area contributed by atoms with Crippen LogP contribution >= 0.6 is 11.3 Å². The Balaban J connectivity index is 1.78. The summed E-state index contributed by atoms with van der Waals surface area (Å²) in [5.41, 5.74) is 0.973. The molecule has 0 saturated carbocycles. The summed E-state index contributed by atoms with van der Waals surface area (Å²) in [5, 5.41) is 8.70. The lowest BCUT2D eigenvalue weighted by atomic mass is 10.3. The molecule has 0 aliphatic rings. The Bertz CT molecular complexity index is 674. The average Bonchev–Trinajstić information content (AvgIpc) is 2.90. The van der Waals surface area contributed by atoms with Crippen LogP contribution in [0.25, 0.3) is 4.96 Å². The van der Waals surface area contributed by atoms with Crippen molar-refractivity contribution in [3.63, 3.8) is 0 Å². The van der Waals surface area contributed by atoms with Gasteiger partial charge in [-0.05, 0) is 0 Å². The van der Waals surface area contributed by atoms with Crippen molar-refractivity contribution in [3.8, 4) is 0 Å². The van der Waals surface area contributed by atoms with Crippen molar-refractivity contribution >= 4 is 32.0 Å². The number of carbonyl (C=O) groups is 1. The van der Waals surface area contributed by atoms with E-state index in [-0.39, 0.29) is 18.1 Å². The summed E-state index contributed by atoms with van der Waals surface area (Å²) in [7, 11) is -3.09. The zero-order valence-corrected chi connectivity index (χ0v) is 12.0. The van der Waals surface area contributed by atoms with Crippen LogP contribution in [0.1, 0.15) is 12.1 Å². The Morgan fingerprint density at radius 1 is 1.53 bits per heavy atom. The molecule has 0 aliphatic carbocycles. The fraction of sp³-hybridized carbons (Fsp3) is 0.500. The predicted octanol–water partition coefficient (Wildman–Crippen LogP) is -0.116. The van der Waals surface area contributed by atoms with Crippen molar-refractivity contribution in [2.24, 2.45) is 0 Å². The fourth-order valence-corrected chi connectivity index (χ4v) is 2.93. The summed E-state index contributed by atoms with van der Waals surface area (Å²) < 4.78 is 23.6. The summed E-state index contributed by atoms with van der Waals surface area (Å²) in [4.78, 5) is 16.3. The van der Waals surface area contributed by atoms with Gasteiger partial charge in [0.1, 0.15) is 16.2 Å². The molecule has 0 fully saturated rings. The molecular weight excluding hydrogens is 288 g/mol. The highest BCUT2D eigenvalue weighted by Gasteiger charge is 2.09. The third-order valence-corrected chi connectivity index (χ3v) is 4.32. The second kappa shape index (κ2) is 5.66. The number of sulfone groups is 1. The topological polar surface area (TPSA) is 93.4 Å². The van der Waals surface area contributed by atoms with Gasteiger partial charge in [0, 0.05) is 31.0 Å². The monoisotopic (exact) mass is 302 g/mol. The molecule has 7 nitrogen and oxygen atoms in total. The molecule has 0 radical (unpaired) electrons. The molecule has 2 aromatic heterocycles. The number of amides is 1. The first-order valence-corrected chi connectivity index (χ1v) is 8.60. The van der Waals surface area contributed by atoms with Crippen LogP contribution in [0.4, 0.5) is 0 Å². The molecule has 19 heavy (non-hydrogen) atoms. The second-order valence-corrected chi connectivity index (χ2v) is 7.26. The van der Waals surface area contributed by atoms with E-state index in [1.54, 1.807) is 4.52 Å². The SMILES string of the molecule is CS(=O)(=O)CCC(=O)NCCc1csc2ncnn12. The van der Waals surface area contributed by atoms with Crippen LogP contribution in [0, 0.1) is 0 Å². The second-order valence-electron chi connectivity index (χ2n) is 4.16. The minimum atomic E-state index is -3.09. The van der Waals surface area contributed by atoms with Gasteiger partial charge in [0.25, 0.3) is 0 Å². The van der Waals surface area contributed by atoms with E-state index >= 15 is 0 Å². The molecule has 0 aromatic carbocycles. The third-order valence-electron chi connectivity index (χ3n) is 2.49. The van der Waals surface area contributed by atoms with E-state index in [2.05, 4.69) is 15.4 Å². The Hall–Kier alpha value is -1.48. The molecule has 0 aliphatic heterocycles. The number of hydrogen-bond donors (Lipinski definition) is 1. The Morgan fingerprint density at radius 3 is 3.05 bits per heavy atom. The number of carbonyl (C=O) groups excluding carboxylic acids is 1. The number of rotatable bonds is 6. The molecule has 0 bridgehead atoms. The number of hydrogen-bond acceptors (Lipinski definition) is 6. The predicted molar refractivity (Wildman–Crippen MR) is 71.9 cm³/mol. The van der Waals surface area contributed by atoms with Crippen LogP contribution in [-0.2, 0) is 21.1 Å². The quantitative estimate of drug-likeness (QED) is 0.803. The zero-order chi connectivity index (χ0) is 13.9. The van der Waals surface area contributed by atoms with Crippen LogP contribution in [-0.4, -0.2) is 47.5 Å². The first kappa shape index (κ1) is 13.9. The maximum atomic E-state index is 11.4. The van der Waals surface area contributed by atoms with Crippen molar-refractivity contribution in [3.05, 3.63) is 17.4 Å². The maximum Gasteiger partial charge on any atom is 0.221 e.